The third-order valence-corrected chi connectivity index (χ3v) is 5.78. The van der Waals surface area contributed by atoms with Gasteiger partial charge in [0.25, 0.3) is 5.91 Å². The molecule has 1 N–H and O–H groups in total. The fourth-order valence-electron chi connectivity index (χ4n) is 3.16. The fraction of sp³-hybridized carbons (Fsp3) is 0.300. The van der Waals surface area contributed by atoms with E-state index >= 15 is 0 Å². The Morgan fingerprint density at radius 1 is 1.21 bits per heavy atom. The fourth-order valence-corrected chi connectivity index (χ4v) is 4.17. The van der Waals surface area contributed by atoms with Crippen LogP contribution in [0, 0.1) is 0 Å². The average Bonchev–Trinajstić information content (AvgIpc) is 3.06. The first kappa shape index (κ1) is 18.4. The zero-order valence-corrected chi connectivity index (χ0v) is 16.4. The van der Waals surface area contributed by atoms with Crippen molar-refractivity contribution >= 4 is 23.2 Å². The van der Waals surface area contributed by atoms with E-state index in [9.17, 15) is 4.79 Å². The summed E-state index contributed by atoms with van der Waals surface area (Å²) in [6.45, 7) is 2.06. The molecule has 1 aliphatic rings. The number of nitrogens with zero attached hydrogens (tertiary/aromatic N) is 4. The summed E-state index contributed by atoms with van der Waals surface area (Å²) in [6, 6.07) is 9.48. The van der Waals surface area contributed by atoms with Crippen LogP contribution in [-0.2, 0) is 19.4 Å². The van der Waals surface area contributed by atoms with Gasteiger partial charge in [0.2, 0.25) is 5.95 Å². The van der Waals surface area contributed by atoms with Crippen molar-refractivity contribution in [2.45, 2.75) is 19.4 Å². The number of aromatic nitrogens is 3. The smallest absolute Gasteiger partial charge is 0.280 e. The number of hydrogen-bond acceptors (Lipinski definition) is 7. The number of thiazole rings is 1. The maximum absolute atomic E-state index is 12.5. The molecule has 2 aromatic heterocycles. The number of carbonyl (C=O) groups is 1. The minimum absolute atomic E-state index is 0.135. The van der Waals surface area contributed by atoms with Gasteiger partial charge in [-0.05, 0) is 23.8 Å². The van der Waals surface area contributed by atoms with Gasteiger partial charge < -0.3 is 15.0 Å². The van der Waals surface area contributed by atoms with E-state index in [0.717, 1.165) is 48.9 Å². The first-order chi connectivity index (χ1) is 13.7. The number of carbonyl (C=O) groups excluding carboxylic acids is 1. The van der Waals surface area contributed by atoms with E-state index in [0.29, 0.717) is 11.6 Å². The molecule has 0 fully saturated rings. The van der Waals surface area contributed by atoms with Crippen LogP contribution in [0.15, 0.2) is 42.7 Å². The van der Waals surface area contributed by atoms with Crippen LogP contribution in [0.4, 0.5) is 5.95 Å². The van der Waals surface area contributed by atoms with E-state index in [2.05, 4.69) is 25.2 Å². The van der Waals surface area contributed by atoms with Crippen molar-refractivity contribution in [3.63, 3.8) is 0 Å². The van der Waals surface area contributed by atoms with Crippen LogP contribution >= 0.6 is 11.3 Å². The minimum Gasteiger partial charge on any atom is -0.497 e. The highest BCUT2D eigenvalue weighted by Crippen LogP contribution is 2.24. The predicted octanol–water partition coefficient (Wildman–Crippen LogP) is 2.48. The van der Waals surface area contributed by atoms with Crippen molar-refractivity contribution in [2.75, 3.05) is 25.1 Å². The number of methoxy groups -OCH3 is 1. The quantitative estimate of drug-likeness (QED) is 0.715. The van der Waals surface area contributed by atoms with Crippen molar-refractivity contribution < 1.29 is 9.53 Å². The molecule has 3 aromatic rings. The highest BCUT2D eigenvalue weighted by atomic mass is 32.1. The third kappa shape index (κ3) is 4.12. The molecule has 0 atom stereocenters. The Hall–Kier alpha value is -3.00. The number of ether oxygens (including phenoxy) is 1. The molecule has 0 unspecified atom stereocenters. The van der Waals surface area contributed by atoms with E-state index in [1.54, 1.807) is 19.5 Å². The van der Waals surface area contributed by atoms with Gasteiger partial charge in [-0.25, -0.2) is 15.0 Å². The molecular weight excluding hydrogens is 374 g/mol. The summed E-state index contributed by atoms with van der Waals surface area (Å²) in [5, 5.41) is 3.47. The highest BCUT2D eigenvalue weighted by molar-refractivity contribution is 7.13. The molecule has 0 radical (unpaired) electrons. The molecule has 8 heteroatoms. The molecule has 7 nitrogen and oxygen atoms in total. The van der Waals surface area contributed by atoms with Gasteiger partial charge >= 0.3 is 0 Å². The number of rotatable bonds is 5. The SMILES string of the molecule is COc1cccc(CNC(=O)c2nc3c(s2)CCN(c2ncccn2)CC3)c1. The molecule has 0 bridgehead atoms. The van der Waals surface area contributed by atoms with Gasteiger partial charge in [0.05, 0.1) is 12.8 Å². The first-order valence-corrected chi connectivity index (χ1v) is 9.96. The zero-order chi connectivity index (χ0) is 19.3. The number of benzene rings is 1. The molecule has 1 amide bonds. The summed E-state index contributed by atoms with van der Waals surface area (Å²) < 4.78 is 5.22. The topological polar surface area (TPSA) is 80.2 Å². The molecule has 28 heavy (non-hydrogen) atoms. The molecule has 0 saturated carbocycles. The van der Waals surface area contributed by atoms with Gasteiger partial charge in [-0.1, -0.05) is 12.1 Å². The van der Waals surface area contributed by atoms with Crippen molar-refractivity contribution in [1.82, 2.24) is 20.3 Å². The van der Waals surface area contributed by atoms with Crippen molar-refractivity contribution in [2.24, 2.45) is 0 Å². The van der Waals surface area contributed by atoms with Crippen LogP contribution in [0.1, 0.15) is 25.9 Å². The summed E-state index contributed by atoms with van der Waals surface area (Å²) in [7, 11) is 1.63. The number of fused-ring (bicyclic) bond motifs is 1. The lowest BCUT2D eigenvalue weighted by Gasteiger charge is -2.19. The predicted molar refractivity (Wildman–Crippen MR) is 108 cm³/mol. The van der Waals surface area contributed by atoms with E-state index < -0.39 is 0 Å². The van der Waals surface area contributed by atoms with Crippen molar-refractivity contribution in [3.05, 3.63) is 63.9 Å². The second-order valence-corrected chi connectivity index (χ2v) is 7.54. The van der Waals surface area contributed by atoms with E-state index in [-0.39, 0.29) is 5.91 Å². The van der Waals surface area contributed by atoms with E-state index in [1.165, 1.54) is 16.2 Å². The van der Waals surface area contributed by atoms with Crippen LogP contribution in [-0.4, -0.2) is 41.1 Å². The van der Waals surface area contributed by atoms with Crippen LogP contribution in [0.2, 0.25) is 0 Å². The van der Waals surface area contributed by atoms with Crippen molar-refractivity contribution in [3.8, 4) is 5.75 Å². The van der Waals surface area contributed by atoms with Gasteiger partial charge in [0.15, 0.2) is 5.01 Å². The molecule has 1 aromatic carbocycles. The zero-order valence-electron chi connectivity index (χ0n) is 15.6. The highest BCUT2D eigenvalue weighted by Gasteiger charge is 2.22. The lowest BCUT2D eigenvalue weighted by molar-refractivity contribution is 0.0950. The number of hydrogen-bond donors (Lipinski definition) is 1. The summed E-state index contributed by atoms with van der Waals surface area (Å²) in [5.74, 6) is 1.39. The molecule has 3 heterocycles. The second-order valence-electron chi connectivity index (χ2n) is 6.46. The van der Waals surface area contributed by atoms with E-state index in [4.69, 9.17) is 4.74 Å². The monoisotopic (exact) mass is 395 g/mol. The number of amides is 1. The Morgan fingerprint density at radius 2 is 2.04 bits per heavy atom. The Balaban J connectivity index is 1.38. The lowest BCUT2D eigenvalue weighted by Crippen LogP contribution is -2.28. The van der Waals surface area contributed by atoms with E-state index in [1.807, 2.05) is 30.3 Å². The van der Waals surface area contributed by atoms with Gasteiger partial charge in [0, 0.05) is 49.7 Å². The summed E-state index contributed by atoms with van der Waals surface area (Å²) in [4.78, 5) is 29.1. The molecule has 144 valence electrons. The van der Waals surface area contributed by atoms with Gasteiger partial charge in [-0.15, -0.1) is 11.3 Å². The second kappa shape index (κ2) is 8.35. The Kier molecular flexibility index (Phi) is 5.48. The standard InChI is InChI=1S/C20H21N5O2S/c1-27-15-5-2-4-14(12-15)13-23-18(26)19-24-16-6-10-25(11-7-17(16)28-19)20-21-8-3-9-22-20/h2-5,8-9,12H,6-7,10-11,13H2,1H3,(H,23,26). The summed E-state index contributed by atoms with van der Waals surface area (Å²) >= 11 is 1.48. The van der Waals surface area contributed by atoms with Crippen LogP contribution in [0.25, 0.3) is 0 Å². The molecule has 0 spiro atoms. The largest absolute Gasteiger partial charge is 0.497 e. The Morgan fingerprint density at radius 3 is 2.86 bits per heavy atom. The normalized spacial score (nSPS) is 13.5. The molecule has 4 rings (SSSR count). The number of nitrogens with one attached hydrogen (secondary N) is 1. The maximum atomic E-state index is 12.5. The average molecular weight is 395 g/mol. The third-order valence-electron chi connectivity index (χ3n) is 4.62. The van der Waals surface area contributed by atoms with Crippen molar-refractivity contribution in [1.29, 1.82) is 0 Å². The van der Waals surface area contributed by atoms with Gasteiger partial charge in [-0.3, -0.25) is 4.79 Å². The minimum atomic E-state index is -0.135. The van der Waals surface area contributed by atoms with Crippen LogP contribution in [0.3, 0.4) is 0 Å². The van der Waals surface area contributed by atoms with Gasteiger partial charge in [-0.2, -0.15) is 0 Å². The molecule has 0 aliphatic carbocycles. The van der Waals surface area contributed by atoms with Crippen LogP contribution in [0.5, 0.6) is 5.75 Å². The van der Waals surface area contributed by atoms with Gasteiger partial charge in [0.1, 0.15) is 5.75 Å². The lowest BCUT2D eigenvalue weighted by atomic mass is 10.2. The van der Waals surface area contributed by atoms with Crippen LogP contribution < -0.4 is 15.0 Å². The molecular formula is C20H21N5O2S. The maximum Gasteiger partial charge on any atom is 0.280 e. The molecule has 1 aliphatic heterocycles. The number of anilines is 1. The first-order valence-electron chi connectivity index (χ1n) is 9.14. The molecule has 0 saturated heterocycles. The Bertz CT molecular complexity index is 935. The Labute approximate surface area is 167 Å². The summed E-state index contributed by atoms with van der Waals surface area (Å²) in [6.07, 6.45) is 5.14. The summed E-state index contributed by atoms with van der Waals surface area (Å²) in [5.41, 5.74) is 2.00.